The average Bonchev–Trinajstić information content (AvgIpc) is 3.10. The summed E-state index contributed by atoms with van der Waals surface area (Å²) in [6, 6.07) is 18.5. The number of aromatic nitrogens is 1. The standard InChI is InChI=1S/C23H27NO2/c1-3-14-25-17-20-15-24-23(22(20)4-2)19-10-12-21(13-11-19)26-16-18-8-6-5-7-9-18/h5-13,15,24H,3-4,14,16-17H2,1-2H3. The quantitative estimate of drug-likeness (QED) is 0.499. The molecule has 0 amide bonds. The smallest absolute Gasteiger partial charge is 0.119 e. The van der Waals surface area contributed by atoms with Crippen molar-refractivity contribution in [3.05, 3.63) is 77.5 Å². The maximum atomic E-state index is 5.88. The monoisotopic (exact) mass is 349 g/mol. The number of hydrogen-bond acceptors (Lipinski definition) is 2. The van der Waals surface area contributed by atoms with Gasteiger partial charge in [-0.2, -0.15) is 0 Å². The van der Waals surface area contributed by atoms with Crippen LogP contribution < -0.4 is 4.74 Å². The van der Waals surface area contributed by atoms with Gasteiger partial charge in [-0.15, -0.1) is 0 Å². The van der Waals surface area contributed by atoms with E-state index in [-0.39, 0.29) is 0 Å². The molecule has 3 heteroatoms. The van der Waals surface area contributed by atoms with E-state index in [0.29, 0.717) is 13.2 Å². The van der Waals surface area contributed by atoms with Gasteiger partial charge in [-0.3, -0.25) is 0 Å². The fourth-order valence-corrected chi connectivity index (χ4v) is 3.07. The molecule has 0 aliphatic rings. The maximum absolute atomic E-state index is 5.88. The summed E-state index contributed by atoms with van der Waals surface area (Å²) >= 11 is 0. The van der Waals surface area contributed by atoms with Gasteiger partial charge < -0.3 is 14.5 Å². The Morgan fingerprint density at radius 2 is 1.65 bits per heavy atom. The number of ether oxygens (including phenoxy) is 2. The van der Waals surface area contributed by atoms with Crippen LogP contribution in [-0.4, -0.2) is 11.6 Å². The minimum absolute atomic E-state index is 0.585. The van der Waals surface area contributed by atoms with Crippen LogP contribution in [0.3, 0.4) is 0 Å². The number of hydrogen-bond donors (Lipinski definition) is 1. The highest BCUT2D eigenvalue weighted by atomic mass is 16.5. The second-order valence-corrected chi connectivity index (χ2v) is 6.37. The molecule has 3 nitrogen and oxygen atoms in total. The summed E-state index contributed by atoms with van der Waals surface area (Å²) in [5.41, 5.74) is 6.11. The molecule has 1 N–H and O–H groups in total. The van der Waals surface area contributed by atoms with Gasteiger partial charge in [-0.05, 0) is 59.4 Å². The van der Waals surface area contributed by atoms with Gasteiger partial charge >= 0.3 is 0 Å². The summed E-state index contributed by atoms with van der Waals surface area (Å²) in [4.78, 5) is 3.42. The minimum atomic E-state index is 0.585. The fraction of sp³-hybridized carbons (Fsp3) is 0.304. The van der Waals surface area contributed by atoms with Gasteiger partial charge in [-0.1, -0.05) is 44.2 Å². The van der Waals surface area contributed by atoms with Crippen molar-refractivity contribution in [2.24, 2.45) is 0 Å². The maximum Gasteiger partial charge on any atom is 0.119 e. The first kappa shape index (κ1) is 18.3. The summed E-state index contributed by atoms with van der Waals surface area (Å²) in [6.07, 6.45) is 4.10. The Morgan fingerprint density at radius 1 is 0.885 bits per heavy atom. The van der Waals surface area contributed by atoms with Crippen LogP contribution >= 0.6 is 0 Å². The first-order chi connectivity index (χ1) is 12.8. The lowest BCUT2D eigenvalue weighted by Gasteiger charge is -2.09. The fourth-order valence-electron chi connectivity index (χ4n) is 3.07. The highest BCUT2D eigenvalue weighted by Gasteiger charge is 2.11. The lowest BCUT2D eigenvalue weighted by atomic mass is 10.0. The second kappa shape index (κ2) is 9.25. The Kier molecular flexibility index (Phi) is 6.50. The van der Waals surface area contributed by atoms with Crippen LogP contribution in [0.1, 0.15) is 37.0 Å². The molecule has 26 heavy (non-hydrogen) atoms. The molecule has 0 spiro atoms. The van der Waals surface area contributed by atoms with Gasteiger partial charge in [0.15, 0.2) is 0 Å². The van der Waals surface area contributed by atoms with Crippen molar-refractivity contribution >= 4 is 0 Å². The van der Waals surface area contributed by atoms with Crippen LogP contribution in [-0.2, 0) is 24.4 Å². The number of aromatic amines is 1. The predicted molar refractivity (Wildman–Crippen MR) is 106 cm³/mol. The molecule has 0 unspecified atom stereocenters. The molecule has 2 aromatic carbocycles. The molecular weight excluding hydrogens is 322 g/mol. The Labute approximate surface area is 156 Å². The van der Waals surface area contributed by atoms with Crippen molar-refractivity contribution in [1.82, 2.24) is 4.98 Å². The summed E-state index contributed by atoms with van der Waals surface area (Å²) in [6.45, 7) is 6.38. The van der Waals surface area contributed by atoms with Crippen molar-refractivity contribution in [2.75, 3.05) is 6.61 Å². The minimum Gasteiger partial charge on any atom is -0.489 e. The zero-order valence-corrected chi connectivity index (χ0v) is 15.6. The Bertz CT molecular complexity index is 791. The predicted octanol–water partition coefficient (Wildman–Crippen LogP) is 5.75. The summed E-state index contributed by atoms with van der Waals surface area (Å²) in [5.74, 6) is 0.883. The molecular formula is C23H27NO2. The Morgan fingerprint density at radius 3 is 2.35 bits per heavy atom. The first-order valence-corrected chi connectivity index (χ1v) is 9.35. The molecule has 0 aliphatic heterocycles. The molecule has 136 valence electrons. The van der Waals surface area contributed by atoms with Crippen LogP contribution in [0.4, 0.5) is 0 Å². The number of benzene rings is 2. The zero-order chi connectivity index (χ0) is 18.2. The van der Waals surface area contributed by atoms with Crippen molar-refractivity contribution < 1.29 is 9.47 Å². The van der Waals surface area contributed by atoms with Crippen molar-refractivity contribution in [3.63, 3.8) is 0 Å². The SMILES string of the molecule is CCCOCc1c[nH]c(-c2ccc(OCc3ccccc3)cc2)c1CC. The highest BCUT2D eigenvalue weighted by molar-refractivity contribution is 5.66. The summed E-state index contributed by atoms with van der Waals surface area (Å²) in [5, 5.41) is 0. The molecule has 1 heterocycles. The van der Waals surface area contributed by atoms with Crippen LogP contribution in [0, 0.1) is 0 Å². The highest BCUT2D eigenvalue weighted by Crippen LogP contribution is 2.28. The number of nitrogens with one attached hydrogen (secondary N) is 1. The Hall–Kier alpha value is -2.52. The lowest BCUT2D eigenvalue weighted by Crippen LogP contribution is -1.96. The zero-order valence-electron chi connectivity index (χ0n) is 15.6. The van der Waals surface area contributed by atoms with Gasteiger partial charge in [-0.25, -0.2) is 0 Å². The van der Waals surface area contributed by atoms with Crippen molar-refractivity contribution in [3.8, 4) is 17.0 Å². The molecule has 0 saturated carbocycles. The topological polar surface area (TPSA) is 34.2 Å². The van der Waals surface area contributed by atoms with Gasteiger partial charge in [0.05, 0.1) is 6.61 Å². The number of H-pyrrole nitrogens is 1. The largest absolute Gasteiger partial charge is 0.489 e. The molecule has 0 saturated heterocycles. The van der Waals surface area contributed by atoms with E-state index in [1.54, 1.807) is 0 Å². The van der Waals surface area contributed by atoms with E-state index in [1.165, 1.54) is 27.9 Å². The van der Waals surface area contributed by atoms with Crippen LogP contribution in [0.2, 0.25) is 0 Å². The molecule has 0 atom stereocenters. The summed E-state index contributed by atoms with van der Waals surface area (Å²) < 4.78 is 11.6. The van der Waals surface area contributed by atoms with E-state index in [4.69, 9.17) is 9.47 Å². The van der Waals surface area contributed by atoms with E-state index in [0.717, 1.165) is 25.2 Å². The van der Waals surface area contributed by atoms with Crippen LogP contribution in [0.15, 0.2) is 60.8 Å². The van der Waals surface area contributed by atoms with E-state index in [2.05, 4.69) is 49.3 Å². The average molecular weight is 349 g/mol. The van der Waals surface area contributed by atoms with E-state index in [1.807, 2.05) is 30.3 Å². The molecule has 0 aliphatic carbocycles. The first-order valence-electron chi connectivity index (χ1n) is 9.35. The second-order valence-electron chi connectivity index (χ2n) is 6.37. The third-order valence-corrected chi connectivity index (χ3v) is 4.43. The van der Waals surface area contributed by atoms with Crippen molar-refractivity contribution in [1.29, 1.82) is 0 Å². The van der Waals surface area contributed by atoms with Crippen LogP contribution in [0.25, 0.3) is 11.3 Å². The molecule has 0 bridgehead atoms. The van der Waals surface area contributed by atoms with Gasteiger partial charge in [0, 0.05) is 18.5 Å². The van der Waals surface area contributed by atoms with Gasteiger partial charge in [0.1, 0.15) is 12.4 Å². The molecule has 0 fully saturated rings. The summed E-state index contributed by atoms with van der Waals surface area (Å²) in [7, 11) is 0. The Balaban J connectivity index is 1.68. The van der Waals surface area contributed by atoms with Crippen molar-refractivity contribution in [2.45, 2.75) is 39.9 Å². The molecule has 0 radical (unpaired) electrons. The van der Waals surface area contributed by atoms with Gasteiger partial charge in [0.25, 0.3) is 0 Å². The third kappa shape index (κ3) is 4.55. The molecule has 3 rings (SSSR count). The van der Waals surface area contributed by atoms with E-state index in [9.17, 15) is 0 Å². The normalized spacial score (nSPS) is 10.8. The number of rotatable bonds is 9. The lowest BCUT2D eigenvalue weighted by molar-refractivity contribution is 0.121. The van der Waals surface area contributed by atoms with E-state index >= 15 is 0 Å². The van der Waals surface area contributed by atoms with Gasteiger partial charge in [0.2, 0.25) is 0 Å². The van der Waals surface area contributed by atoms with Crippen LogP contribution in [0.5, 0.6) is 5.75 Å². The molecule has 3 aromatic rings. The third-order valence-electron chi connectivity index (χ3n) is 4.43. The molecule has 1 aromatic heterocycles. The van der Waals surface area contributed by atoms with E-state index < -0.39 is 0 Å².